The first-order chi connectivity index (χ1) is 12.2. The van der Waals surface area contributed by atoms with Crippen molar-refractivity contribution in [2.45, 2.75) is 18.9 Å². The van der Waals surface area contributed by atoms with Crippen LogP contribution in [0.25, 0.3) is 0 Å². The first kappa shape index (κ1) is 17.3. The van der Waals surface area contributed by atoms with Crippen molar-refractivity contribution in [2.24, 2.45) is 0 Å². The van der Waals surface area contributed by atoms with Crippen LogP contribution in [0.2, 0.25) is 0 Å². The van der Waals surface area contributed by atoms with Crippen LogP contribution in [0.4, 0.5) is 0 Å². The predicted molar refractivity (Wildman–Crippen MR) is 95.1 cm³/mol. The summed E-state index contributed by atoms with van der Waals surface area (Å²) in [5.41, 5.74) is 3.34. The van der Waals surface area contributed by atoms with E-state index in [0.29, 0.717) is 24.7 Å². The highest BCUT2D eigenvalue weighted by Crippen LogP contribution is 2.28. The Kier molecular flexibility index (Phi) is 5.56. The number of hydrogen-bond donors (Lipinski definition) is 1. The van der Waals surface area contributed by atoms with Gasteiger partial charge in [-0.3, -0.25) is 4.79 Å². The third-order valence-corrected chi connectivity index (χ3v) is 4.39. The van der Waals surface area contributed by atoms with Crippen LogP contribution < -0.4 is 14.8 Å². The highest BCUT2D eigenvalue weighted by molar-refractivity contribution is 5.78. The molecule has 1 aliphatic rings. The molecule has 5 nitrogen and oxygen atoms in total. The van der Waals surface area contributed by atoms with Crippen molar-refractivity contribution in [1.82, 2.24) is 5.32 Å². The average molecular weight is 341 g/mol. The number of rotatable bonds is 6. The number of hydrogen-bond acceptors (Lipinski definition) is 4. The largest absolute Gasteiger partial charge is 0.493 e. The molecule has 25 heavy (non-hydrogen) atoms. The van der Waals surface area contributed by atoms with Gasteiger partial charge in [-0.15, -0.1) is 0 Å². The Hall–Kier alpha value is -2.53. The van der Waals surface area contributed by atoms with Gasteiger partial charge in [0.05, 0.1) is 27.2 Å². The molecule has 1 amide bonds. The number of fused-ring (bicyclic) bond motifs is 1. The third-order valence-electron chi connectivity index (χ3n) is 4.39. The maximum absolute atomic E-state index is 12.3. The van der Waals surface area contributed by atoms with Crippen LogP contribution in [-0.2, 0) is 22.4 Å². The van der Waals surface area contributed by atoms with Gasteiger partial charge in [0.25, 0.3) is 0 Å². The second kappa shape index (κ2) is 8.03. The smallest absolute Gasteiger partial charge is 0.224 e. The zero-order valence-electron chi connectivity index (χ0n) is 14.6. The van der Waals surface area contributed by atoms with E-state index in [2.05, 4.69) is 17.4 Å². The van der Waals surface area contributed by atoms with Crippen LogP contribution >= 0.6 is 0 Å². The SMILES string of the molecule is COc1ccc(CC(=O)NC[C@H]2OCCc3ccccc32)cc1OC. The van der Waals surface area contributed by atoms with Gasteiger partial charge in [0.2, 0.25) is 5.91 Å². The molecule has 2 aromatic carbocycles. The molecule has 1 N–H and O–H groups in total. The minimum atomic E-state index is -0.0840. The van der Waals surface area contributed by atoms with Crippen molar-refractivity contribution in [3.63, 3.8) is 0 Å². The number of nitrogens with one attached hydrogen (secondary N) is 1. The van der Waals surface area contributed by atoms with Crippen LogP contribution in [0.5, 0.6) is 11.5 Å². The van der Waals surface area contributed by atoms with Crippen LogP contribution in [0.15, 0.2) is 42.5 Å². The number of carbonyl (C=O) groups is 1. The lowest BCUT2D eigenvalue weighted by Gasteiger charge is -2.26. The van der Waals surface area contributed by atoms with Crippen LogP contribution in [0, 0.1) is 0 Å². The van der Waals surface area contributed by atoms with Gasteiger partial charge in [-0.05, 0) is 35.2 Å². The third kappa shape index (κ3) is 4.12. The van der Waals surface area contributed by atoms with Crippen LogP contribution in [0.1, 0.15) is 22.8 Å². The Morgan fingerprint density at radius 2 is 1.96 bits per heavy atom. The molecular formula is C20H23NO4. The van der Waals surface area contributed by atoms with E-state index in [1.807, 2.05) is 30.3 Å². The highest BCUT2D eigenvalue weighted by atomic mass is 16.5. The molecule has 0 fully saturated rings. The Morgan fingerprint density at radius 3 is 2.76 bits per heavy atom. The molecule has 1 aliphatic heterocycles. The molecule has 0 unspecified atom stereocenters. The summed E-state index contributed by atoms with van der Waals surface area (Å²) in [6, 6.07) is 13.7. The molecule has 5 heteroatoms. The molecule has 0 bridgehead atoms. The van der Waals surface area contributed by atoms with Gasteiger partial charge in [-0.2, -0.15) is 0 Å². The molecule has 1 atom stereocenters. The summed E-state index contributed by atoms with van der Waals surface area (Å²) in [6.45, 7) is 1.16. The van der Waals surface area contributed by atoms with Crippen molar-refractivity contribution >= 4 is 5.91 Å². The van der Waals surface area contributed by atoms with Crippen molar-refractivity contribution in [3.8, 4) is 11.5 Å². The molecule has 0 spiro atoms. The summed E-state index contributed by atoms with van der Waals surface area (Å²) < 4.78 is 16.3. The maximum atomic E-state index is 12.3. The molecular weight excluding hydrogens is 318 g/mol. The van der Waals surface area contributed by atoms with E-state index in [1.165, 1.54) is 11.1 Å². The lowest BCUT2D eigenvalue weighted by Crippen LogP contribution is -2.32. The van der Waals surface area contributed by atoms with Gasteiger partial charge in [0.15, 0.2) is 11.5 Å². The molecule has 2 aromatic rings. The maximum Gasteiger partial charge on any atom is 0.224 e. The Morgan fingerprint density at radius 1 is 1.16 bits per heavy atom. The molecule has 0 saturated heterocycles. The van der Waals surface area contributed by atoms with Gasteiger partial charge in [0, 0.05) is 6.54 Å². The quantitative estimate of drug-likeness (QED) is 0.878. The fourth-order valence-electron chi connectivity index (χ4n) is 3.09. The van der Waals surface area contributed by atoms with E-state index >= 15 is 0 Å². The van der Waals surface area contributed by atoms with Gasteiger partial charge >= 0.3 is 0 Å². The van der Waals surface area contributed by atoms with E-state index in [4.69, 9.17) is 14.2 Å². The molecule has 0 aromatic heterocycles. The molecule has 0 aliphatic carbocycles. The summed E-state index contributed by atoms with van der Waals surface area (Å²) in [5, 5.41) is 2.97. The van der Waals surface area contributed by atoms with E-state index in [-0.39, 0.29) is 18.4 Å². The summed E-state index contributed by atoms with van der Waals surface area (Å²) in [7, 11) is 3.17. The van der Waals surface area contributed by atoms with Gasteiger partial charge in [-0.25, -0.2) is 0 Å². The fraction of sp³-hybridized carbons (Fsp3) is 0.350. The van der Waals surface area contributed by atoms with Crippen LogP contribution in [0.3, 0.4) is 0 Å². The predicted octanol–water partition coefficient (Wildman–Crippen LogP) is 2.68. The Labute approximate surface area is 147 Å². The van der Waals surface area contributed by atoms with E-state index in [1.54, 1.807) is 14.2 Å². The number of methoxy groups -OCH3 is 2. The number of benzene rings is 2. The summed E-state index contributed by atoms with van der Waals surface area (Å²) in [5.74, 6) is 1.23. The number of ether oxygens (including phenoxy) is 3. The topological polar surface area (TPSA) is 56.8 Å². The van der Waals surface area contributed by atoms with Crippen LogP contribution in [-0.4, -0.2) is 33.3 Å². The second-order valence-electron chi connectivity index (χ2n) is 5.98. The van der Waals surface area contributed by atoms with Gasteiger partial charge in [-0.1, -0.05) is 30.3 Å². The van der Waals surface area contributed by atoms with Crippen molar-refractivity contribution < 1.29 is 19.0 Å². The number of amides is 1. The normalized spacial score (nSPS) is 16.0. The van der Waals surface area contributed by atoms with Crippen molar-refractivity contribution in [1.29, 1.82) is 0 Å². The standard InChI is InChI=1S/C20H23NO4/c1-23-17-8-7-14(11-18(17)24-2)12-20(22)21-13-19-16-6-4-3-5-15(16)9-10-25-19/h3-8,11,19H,9-10,12-13H2,1-2H3,(H,21,22)/t19-/m1/s1. The monoisotopic (exact) mass is 341 g/mol. The first-order valence-electron chi connectivity index (χ1n) is 8.38. The summed E-state index contributed by atoms with van der Waals surface area (Å²) in [4.78, 5) is 12.3. The molecule has 3 rings (SSSR count). The zero-order chi connectivity index (χ0) is 17.6. The lowest BCUT2D eigenvalue weighted by molar-refractivity contribution is -0.121. The molecule has 0 radical (unpaired) electrons. The lowest BCUT2D eigenvalue weighted by atomic mass is 9.97. The Balaban J connectivity index is 1.59. The average Bonchev–Trinajstić information content (AvgIpc) is 2.66. The van der Waals surface area contributed by atoms with E-state index in [9.17, 15) is 4.79 Å². The Bertz CT molecular complexity index is 744. The highest BCUT2D eigenvalue weighted by Gasteiger charge is 2.21. The van der Waals surface area contributed by atoms with Crippen molar-refractivity contribution in [2.75, 3.05) is 27.4 Å². The first-order valence-corrected chi connectivity index (χ1v) is 8.38. The molecule has 0 saturated carbocycles. The van der Waals surface area contributed by atoms with Crippen molar-refractivity contribution in [3.05, 3.63) is 59.2 Å². The zero-order valence-corrected chi connectivity index (χ0v) is 14.6. The van der Waals surface area contributed by atoms with E-state index in [0.717, 1.165) is 12.0 Å². The minimum Gasteiger partial charge on any atom is -0.493 e. The van der Waals surface area contributed by atoms with E-state index < -0.39 is 0 Å². The minimum absolute atomic E-state index is 0.0427. The molecule has 1 heterocycles. The van der Waals surface area contributed by atoms with Gasteiger partial charge in [0.1, 0.15) is 6.10 Å². The number of carbonyl (C=O) groups excluding carboxylic acids is 1. The summed E-state index contributed by atoms with van der Waals surface area (Å²) in [6.07, 6.45) is 1.13. The fourth-order valence-corrected chi connectivity index (χ4v) is 3.09. The van der Waals surface area contributed by atoms with Gasteiger partial charge < -0.3 is 19.5 Å². The second-order valence-corrected chi connectivity index (χ2v) is 5.98. The molecule has 132 valence electrons. The summed E-state index contributed by atoms with van der Waals surface area (Å²) >= 11 is 0.